The van der Waals surface area contributed by atoms with Gasteiger partial charge in [0.2, 0.25) is 5.91 Å². The summed E-state index contributed by atoms with van der Waals surface area (Å²) in [5, 5.41) is 6.23. The molecular formula is C32H29N5O5S. The molecule has 1 atom stereocenters. The second kappa shape index (κ2) is 11.7. The van der Waals surface area contributed by atoms with Crippen LogP contribution in [0.5, 0.6) is 11.5 Å². The highest BCUT2D eigenvalue weighted by molar-refractivity contribution is 7.81. The number of hydrogen-bond acceptors (Lipinski definition) is 7. The van der Waals surface area contributed by atoms with Crippen LogP contribution in [0.25, 0.3) is 11.0 Å². The third-order valence-electron chi connectivity index (χ3n) is 7.36. The number of nitrogens with one attached hydrogen (secondary N) is 2. The van der Waals surface area contributed by atoms with Crippen molar-refractivity contribution < 1.29 is 23.0 Å². The average molecular weight is 596 g/mol. The van der Waals surface area contributed by atoms with Crippen molar-refractivity contribution in [2.24, 2.45) is 0 Å². The Bertz CT molecular complexity index is 1810. The molecule has 5 aromatic rings. The van der Waals surface area contributed by atoms with Gasteiger partial charge in [0.1, 0.15) is 11.5 Å². The molecule has 0 saturated heterocycles. The van der Waals surface area contributed by atoms with Crippen molar-refractivity contribution in [2.75, 3.05) is 29.2 Å². The smallest absolute Gasteiger partial charge is 0.268 e. The number of anilines is 5. The van der Waals surface area contributed by atoms with Crippen molar-refractivity contribution >= 4 is 56.9 Å². The summed E-state index contributed by atoms with van der Waals surface area (Å²) in [5.41, 5.74) is 2.91. The molecule has 1 aromatic heterocycles. The van der Waals surface area contributed by atoms with Crippen LogP contribution in [0.1, 0.15) is 18.4 Å². The Kier molecular flexibility index (Phi) is 7.66. The first-order valence-electron chi connectivity index (χ1n) is 13.6. The van der Waals surface area contributed by atoms with Gasteiger partial charge in [0.05, 0.1) is 36.4 Å². The van der Waals surface area contributed by atoms with Crippen LogP contribution >= 0.6 is 0 Å². The number of nitrogens with zero attached hydrogens (tertiary/aromatic N) is 3. The summed E-state index contributed by atoms with van der Waals surface area (Å²) < 4.78 is 35.5. The predicted octanol–water partition coefficient (Wildman–Crippen LogP) is 6.34. The number of carbonyl (C=O) groups excluding carboxylic acids is 1. The Balaban J connectivity index is 1.38. The number of hydrogen-bond donors (Lipinski definition) is 3. The van der Waals surface area contributed by atoms with Crippen LogP contribution in [0.4, 0.5) is 28.7 Å². The molecule has 43 heavy (non-hydrogen) atoms. The summed E-state index contributed by atoms with van der Waals surface area (Å²) in [7, 11) is 3.10. The van der Waals surface area contributed by atoms with Gasteiger partial charge in [0.15, 0.2) is 11.6 Å². The highest BCUT2D eigenvalue weighted by atomic mass is 32.2. The van der Waals surface area contributed by atoms with Gasteiger partial charge >= 0.3 is 0 Å². The van der Waals surface area contributed by atoms with Gasteiger partial charge in [-0.2, -0.15) is 0 Å². The van der Waals surface area contributed by atoms with Crippen LogP contribution < -0.4 is 24.4 Å². The van der Waals surface area contributed by atoms with E-state index in [-0.39, 0.29) is 17.5 Å². The zero-order valence-corrected chi connectivity index (χ0v) is 24.3. The number of fused-ring (bicyclic) bond motifs is 1. The van der Waals surface area contributed by atoms with E-state index in [1.807, 2.05) is 42.5 Å². The summed E-state index contributed by atoms with van der Waals surface area (Å²) in [6, 6.07) is 28.9. The molecular weight excluding hydrogens is 566 g/mol. The van der Waals surface area contributed by atoms with Crippen LogP contribution in [0.2, 0.25) is 0 Å². The standard InChI is InChI=1S/C32H29N5O5S/c1-41-25-18-23(19-26(20-25)42-2)33-29-30(36-28-14-7-6-13-27(28)35-29)37(43(39)40)24-12-8-11-22(17-24)34-31(38)32(15-16-32)21-9-4-3-5-10-21/h3-14,17-20H,15-16H2,1-2H3,(H,33,35)(H,34,38)(H,39,40). The number of amides is 1. The predicted molar refractivity (Wildman–Crippen MR) is 168 cm³/mol. The van der Waals surface area contributed by atoms with E-state index in [2.05, 4.69) is 10.6 Å². The first-order chi connectivity index (χ1) is 20.9. The number of carbonyl (C=O) groups is 1. The van der Waals surface area contributed by atoms with Gasteiger partial charge in [-0.3, -0.25) is 9.35 Å². The van der Waals surface area contributed by atoms with Crippen molar-refractivity contribution in [3.8, 4) is 11.5 Å². The van der Waals surface area contributed by atoms with Crippen molar-refractivity contribution in [3.63, 3.8) is 0 Å². The maximum atomic E-state index is 13.4. The van der Waals surface area contributed by atoms with Crippen LogP contribution in [-0.2, 0) is 21.5 Å². The fourth-order valence-corrected chi connectivity index (χ4v) is 5.58. The lowest BCUT2D eigenvalue weighted by molar-refractivity contribution is -0.118. The topological polar surface area (TPSA) is 126 Å². The number of aromatic nitrogens is 2. The van der Waals surface area contributed by atoms with Crippen LogP contribution in [-0.4, -0.2) is 38.9 Å². The van der Waals surface area contributed by atoms with Gasteiger partial charge < -0.3 is 20.1 Å². The molecule has 1 saturated carbocycles. The van der Waals surface area contributed by atoms with E-state index in [1.165, 1.54) is 0 Å². The maximum Gasteiger partial charge on any atom is 0.268 e. The van der Waals surface area contributed by atoms with E-state index in [0.717, 1.165) is 22.7 Å². The molecule has 1 aliphatic carbocycles. The van der Waals surface area contributed by atoms with E-state index in [4.69, 9.17) is 19.4 Å². The zero-order chi connectivity index (χ0) is 30.0. The van der Waals surface area contributed by atoms with Crippen molar-refractivity contribution in [3.05, 3.63) is 103 Å². The fourth-order valence-electron chi connectivity index (χ4n) is 5.01. The number of methoxy groups -OCH3 is 2. The Labute approximate surface area is 251 Å². The molecule has 11 heteroatoms. The fraction of sp³-hybridized carbons (Fsp3) is 0.156. The monoisotopic (exact) mass is 595 g/mol. The minimum absolute atomic E-state index is 0.104. The molecule has 0 radical (unpaired) electrons. The summed E-state index contributed by atoms with van der Waals surface area (Å²) >= 11 is -2.56. The molecule has 1 amide bonds. The Morgan fingerprint density at radius 1 is 0.837 bits per heavy atom. The zero-order valence-electron chi connectivity index (χ0n) is 23.5. The van der Waals surface area contributed by atoms with E-state index < -0.39 is 16.7 Å². The highest BCUT2D eigenvalue weighted by Gasteiger charge is 2.51. The first-order valence-corrected chi connectivity index (χ1v) is 14.6. The normalized spacial score (nSPS) is 14.0. The quantitative estimate of drug-likeness (QED) is 0.160. The van der Waals surface area contributed by atoms with Crippen LogP contribution in [0.15, 0.2) is 97.1 Å². The number of rotatable bonds is 10. The minimum Gasteiger partial charge on any atom is -0.497 e. The lowest BCUT2D eigenvalue weighted by Gasteiger charge is -2.23. The van der Waals surface area contributed by atoms with Crippen LogP contribution in [0, 0.1) is 0 Å². The van der Waals surface area contributed by atoms with Crippen molar-refractivity contribution in [1.29, 1.82) is 0 Å². The molecule has 1 aliphatic rings. The first kappa shape index (κ1) is 28.1. The molecule has 0 spiro atoms. The second-order valence-electron chi connectivity index (χ2n) is 10.1. The average Bonchev–Trinajstić information content (AvgIpc) is 3.84. The minimum atomic E-state index is -2.56. The third-order valence-corrected chi connectivity index (χ3v) is 8.06. The molecule has 1 heterocycles. The van der Waals surface area contributed by atoms with Gasteiger partial charge in [0.25, 0.3) is 11.3 Å². The van der Waals surface area contributed by atoms with Crippen molar-refractivity contribution in [1.82, 2.24) is 9.97 Å². The highest BCUT2D eigenvalue weighted by Crippen LogP contribution is 2.49. The molecule has 6 rings (SSSR count). The van der Waals surface area contributed by atoms with Crippen molar-refractivity contribution in [2.45, 2.75) is 18.3 Å². The summed E-state index contributed by atoms with van der Waals surface area (Å²) in [5.74, 6) is 1.31. The number of ether oxygens (including phenoxy) is 2. The number of para-hydroxylation sites is 2. The Morgan fingerprint density at radius 2 is 1.49 bits per heavy atom. The molecule has 0 aliphatic heterocycles. The van der Waals surface area contributed by atoms with Gasteiger partial charge in [0, 0.05) is 29.6 Å². The Hall–Kier alpha value is -5.00. The van der Waals surface area contributed by atoms with E-state index in [0.29, 0.717) is 39.6 Å². The van der Waals surface area contributed by atoms with Gasteiger partial charge in [-0.15, -0.1) is 0 Å². The molecule has 218 valence electrons. The lowest BCUT2D eigenvalue weighted by Crippen LogP contribution is -2.28. The number of benzene rings is 4. The van der Waals surface area contributed by atoms with Crippen LogP contribution in [0.3, 0.4) is 0 Å². The lowest BCUT2D eigenvalue weighted by atomic mass is 9.95. The molecule has 1 unspecified atom stereocenters. The maximum absolute atomic E-state index is 13.4. The van der Waals surface area contributed by atoms with Gasteiger partial charge in [-0.05, 0) is 48.7 Å². The SMILES string of the molecule is COc1cc(Nc2nc3ccccc3nc2N(c2cccc(NC(=O)C3(c4ccccc4)CC3)c2)S(=O)O)cc(OC)c1. The van der Waals surface area contributed by atoms with E-state index >= 15 is 0 Å². The summed E-state index contributed by atoms with van der Waals surface area (Å²) in [6.07, 6.45) is 1.51. The molecule has 0 bridgehead atoms. The Morgan fingerprint density at radius 3 is 2.12 bits per heavy atom. The van der Waals surface area contributed by atoms with E-state index in [1.54, 1.807) is 68.8 Å². The molecule has 4 aromatic carbocycles. The molecule has 1 fully saturated rings. The summed E-state index contributed by atoms with van der Waals surface area (Å²) in [6.45, 7) is 0. The summed E-state index contributed by atoms with van der Waals surface area (Å²) in [4.78, 5) is 22.9. The largest absolute Gasteiger partial charge is 0.497 e. The molecule has 3 N–H and O–H groups in total. The molecule has 10 nitrogen and oxygen atoms in total. The van der Waals surface area contributed by atoms with E-state index in [9.17, 15) is 13.6 Å². The third kappa shape index (κ3) is 5.72. The van der Waals surface area contributed by atoms with Gasteiger partial charge in [-0.25, -0.2) is 18.5 Å². The van der Waals surface area contributed by atoms with Gasteiger partial charge in [-0.1, -0.05) is 48.5 Å². The second-order valence-corrected chi connectivity index (χ2v) is 10.9.